The lowest BCUT2D eigenvalue weighted by Gasteiger charge is -2.38. The van der Waals surface area contributed by atoms with Gasteiger partial charge in [0.1, 0.15) is 0 Å². The maximum Gasteiger partial charge on any atom is 0.237 e. The Morgan fingerprint density at radius 2 is 1.92 bits per heavy atom. The molecule has 126 valence electrons. The summed E-state index contributed by atoms with van der Waals surface area (Å²) < 4.78 is 0. The number of aliphatic hydroxyl groups excluding tert-OH is 1. The molecule has 24 heavy (non-hydrogen) atoms. The van der Waals surface area contributed by atoms with Gasteiger partial charge in [-0.2, -0.15) is 0 Å². The number of benzene rings is 2. The summed E-state index contributed by atoms with van der Waals surface area (Å²) in [6.07, 6.45) is 0.423. The van der Waals surface area contributed by atoms with Gasteiger partial charge in [-0.3, -0.25) is 4.79 Å². The van der Waals surface area contributed by atoms with E-state index >= 15 is 0 Å². The molecule has 0 aliphatic carbocycles. The van der Waals surface area contributed by atoms with E-state index in [1.165, 1.54) is 11.1 Å². The van der Waals surface area contributed by atoms with Gasteiger partial charge in [-0.25, -0.2) is 0 Å². The van der Waals surface area contributed by atoms with Crippen molar-refractivity contribution in [3.63, 3.8) is 0 Å². The van der Waals surface area contributed by atoms with Gasteiger partial charge in [0.05, 0.1) is 18.7 Å². The first-order chi connectivity index (χ1) is 11.7. The first-order valence-corrected chi connectivity index (χ1v) is 8.48. The van der Waals surface area contributed by atoms with E-state index in [1.54, 1.807) is 6.92 Å². The summed E-state index contributed by atoms with van der Waals surface area (Å²) in [4.78, 5) is 14.7. The maximum atomic E-state index is 12.8. The fraction of sp³-hybridized carbons (Fsp3) is 0.350. The van der Waals surface area contributed by atoms with Gasteiger partial charge >= 0.3 is 0 Å². The molecule has 0 fully saturated rings. The van der Waals surface area contributed by atoms with E-state index in [4.69, 9.17) is 0 Å². The zero-order valence-electron chi connectivity index (χ0n) is 14.0. The second-order valence-corrected chi connectivity index (χ2v) is 6.33. The molecular weight excluding hydrogens is 300 g/mol. The third kappa shape index (κ3) is 3.66. The summed E-state index contributed by atoms with van der Waals surface area (Å²) in [6, 6.07) is 18.5. The van der Waals surface area contributed by atoms with Crippen molar-refractivity contribution in [1.82, 2.24) is 10.2 Å². The molecule has 0 spiro atoms. The quantitative estimate of drug-likeness (QED) is 0.886. The molecule has 4 heteroatoms. The van der Waals surface area contributed by atoms with Crippen molar-refractivity contribution < 1.29 is 9.90 Å². The Bertz CT molecular complexity index is 685. The van der Waals surface area contributed by atoms with Crippen molar-refractivity contribution in [2.75, 3.05) is 19.6 Å². The first kappa shape index (κ1) is 16.7. The fourth-order valence-corrected chi connectivity index (χ4v) is 3.32. The van der Waals surface area contributed by atoms with Gasteiger partial charge < -0.3 is 15.3 Å². The van der Waals surface area contributed by atoms with E-state index < -0.39 is 6.10 Å². The SMILES string of the molecule is C[C@@H](O)CNCC(=O)N1CCc2ccccc2C1c1ccccc1. The molecule has 1 unspecified atom stereocenters. The lowest BCUT2D eigenvalue weighted by atomic mass is 9.88. The lowest BCUT2D eigenvalue weighted by molar-refractivity contribution is -0.132. The van der Waals surface area contributed by atoms with Gasteiger partial charge in [0.15, 0.2) is 0 Å². The highest BCUT2D eigenvalue weighted by atomic mass is 16.3. The summed E-state index contributed by atoms with van der Waals surface area (Å²) in [7, 11) is 0. The second-order valence-electron chi connectivity index (χ2n) is 6.33. The number of amides is 1. The largest absolute Gasteiger partial charge is 0.392 e. The monoisotopic (exact) mass is 324 g/mol. The van der Waals surface area contributed by atoms with Crippen LogP contribution in [-0.4, -0.2) is 41.7 Å². The van der Waals surface area contributed by atoms with Crippen molar-refractivity contribution >= 4 is 5.91 Å². The predicted molar refractivity (Wildman–Crippen MR) is 94.7 cm³/mol. The zero-order chi connectivity index (χ0) is 16.9. The minimum absolute atomic E-state index is 0.0444. The van der Waals surface area contributed by atoms with Crippen molar-refractivity contribution in [2.45, 2.75) is 25.5 Å². The number of hydrogen-bond donors (Lipinski definition) is 2. The van der Waals surface area contributed by atoms with Crippen LogP contribution >= 0.6 is 0 Å². The lowest BCUT2D eigenvalue weighted by Crippen LogP contribution is -2.45. The molecule has 1 aliphatic rings. The topological polar surface area (TPSA) is 52.6 Å². The summed E-state index contributed by atoms with van der Waals surface area (Å²) in [5, 5.41) is 12.4. The number of fused-ring (bicyclic) bond motifs is 1. The molecule has 0 radical (unpaired) electrons. The van der Waals surface area contributed by atoms with Crippen LogP contribution in [0.5, 0.6) is 0 Å². The zero-order valence-corrected chi connectivity index (χ0v) is 14.0. The van der Waals surface area contributed by atoms with E-state index in [0.29, 0.717) is 13.1 Å². The Kier molecular flexibility index (Phi) is 5.28. The summed E-state index contributed by atoms with van der Waals surface area (Å²) in [5.74, 6) is 0.0685. The van der Waals surface area contributed by atoms with Crippen LogP contribution in [0.15, 0.2) is 54.6 Å². The highest BCUT2D eigenvalue weighted by molar-refractivity contribution is 5.79. The van der Waals surface area contributed by atoms with Crippen molar-refractivity contribution in [1.29, 1.82) is 0 Å². The number of rotatable bonds is 5. The van der Waals surface area contributed by atoms with Gasteiger partial charge in [0.25, 0.3) is 0 Å². The molecule has 1 heterocycles. The summed E-state index contributed by atoms with van der Waals surface area (Å²) >= 11 is 0. The number of hydrogen-bond acceptors (Lipinski definition) is 3. The Balaban J connectivity index is 1.87. The molecular formula is C20H24N2O2. The average Bonchev–Trinajstić information content (AvgIpc) is 2.61. The van der Waals surface area contributed by atoms with E-state index in [2.05, 4.69) is 35.6 Å². The minimum Gasteiger partial charge on any atom is -0.392 e. The standard InChI is InChI=1S/C20H24N2O2/c1-15(23)13-21-14-19(24)22-12-11-16-7-5-6-10-18(16)20(22)17-8-3-2-4-9-17/h2-10,15,20-21,23H,11-14H2,1H3/t15-,20?/m1/s1. The van der Waals surface area contributed by atoms with Crippen molar-refractivity contribution in [2.24, 2.45) is 0 Å². The highest BCUT2D eigenvalue weighted by Crippen LogP contribution is 2.34. The highest BCUT2D eigenvalue weighted by Gasteiger charge is 2.31. The normalized spacial score (nSPS) is 18.1. The van der Waals surface area contributed by atoms with E-state index in [-0.39, 0.29) is 18.5 Å². The Hall–Kier alpha value is -2.17. The molecule has 3 rings (SSSR count). The van der Waals surface area contributed by atoms with Crippen LogP contribution in [0.1, 0.15) is 29.7 Å². The molecule has 2 aromatic rings. The molecule has 0 saturated carbocycles. The van der Waals surface area contributed by atoms with Gasteiger partial charge in [0, 0.05) is 13.1 Å². The third-order valence-corrected chi connectivity index (χ3v) is 4.44. The Morgan fingerprint density at radius 3 is 2.67 bits per heavy atom. The Labute approximate surface area is 143 Å². The smallest absolute Gasteiger partial charge is 0.237 e. The summed E-state index contributed by atoms with van der Waals surface area (Å²) in [5.41, 5.74) is 3.65. The molecule has 2 aromatic carbocycles. The van der Waals surface area contributed by atoms with Gasteiger partial charge in [-0.05, 0) is 30.0 Å². The first-order valence-electron chi connectivity index (χ1n) is 8.48. The van der Waals surface area contributed by atoms with Crippen LogP contribution in [0.25, 0.3) is 0 Å². The van der Waals surface area contributed by atoms with Gasteiger partial charge in [0.2, 0.25) is 5.91 Å². The van der Waals surface area contributed by atoms with Crippen LogP contribution < -0.4 is 5.32 Å². The number of nitrogens with one attached hydrogen (secondary N) is 1. The number of carbonyl (C=O) groups excluding carboxylic acids is 1. The molecule has 2 atom stereocenters. The Morgan fingerprint density at radius 1 is 1.21 bits per heavy atom. The van der Waals surface area contributed by atoms with Gasteiger partial charge in [-0.1, -0.05) is 54.6 Å². The molecule has 0 saturated heterocycles. The predicted octanol–water partition coefficient (Wildman–Crippen LogP) is 2.13. The van der Waals surface area contributed by atoms with Gasteiger partial charge in [-0.15, -0.1) is 0 Å². The molecule has 0 bridgehead atoms. The van der Waals surface area contributed by atoms with Crippen LogP contribution in [0.3, 0.4) is 0 Å². The second kappa shape index (κ2) is 7.60. The molecule has 1 amide bonds. The van der Waals surface area contributed by atoms with Crippen LogP contribution in [0.2, 0.25) is 0 Å². The fourth-order valence-electron chi connectivity index (χ4n) is 3.32. The minimum atomic E-state index is -0.454. The van der Waals surface area contributed by atoms with E-state index in [0.717, 1.165) is 12.0 Å². The number of carbonyl (C=O) groups is 1. The summed E-state index contributed by atoms with van der Waals surface area (Å²) in [6.45, 7) is 3.09. The van der Waals surface area contributed by atoms with Crippen LogP contribution in [0.4, 0.5) is 0 Å². The number of aliphatic hydroxyl groups is 1. The average molecular weight is 324 g/mol. The van der Waals surface area contributed by atoms with Crippen molar-refractivity contribution in [3.8, 4) is 0 Å². The molecule has 2 N–H and O–H groups in total. The van der Waals surface area contributed by atoms with Crippen LogP contribution in [-0.2, 0) is 11.2 Å². The van der Waals surface area contributed by atoms with E-state index in [9.17, 15) is 9.90 Å². The maximum absolute atomic E-state index is 12.8. The van der Waals surface area contributed by atoms with E-state index in [1.807, 2.05) is 29.2 Å². The van der Waals surface area contributed by atoms with Crippen molar-refractivity contribution in [3.05, 3.63) is 71.3 Å². The molecule has 0 aromatic heterocycles. The molecule has 1 aliphatic heterocycles. The van der Waals surface area contributed by atoms with Crippen LogP contribution in [0, 0.1) is 0 Å². The molecule has 4 nitrogen and oxygen atoms in total. The number of nitrogens with zero attached hydrogens (tertiary/aromatic N) is 1. The third-order valence-electron chi connectivity index (χ3n) is 4.44.